The van der Waals surface area contributed by atoms with E-state index < -0.39 is 29.4 Å². The van der Waals surface area contributed by atoms with Gasteiger partial charge in [0.1, 0.15) is 5.60 Å². The molecule has 2 N–H and O–H groups in total. The van der Waals surface area contributed by atoms with Gasteiger partial charge in [-0.15, -0.1) is 0 Å². The summed E-state index contributed by atoms with van der Waals surface area (Å²) in [6.07, 6.45) is -4.48. The molecule has 1 aromatic carbocycles. The summed E-state index contributed by atoms with van der Waals surface area (Å²) in [5.41, 5.74) is -1.95. The molecule has 0 spiro atoms. The maximum Gasteiger partial charge on any atom is 0.418 e. The zero-order valence-corrected chi connectivity index (χ0v) is 18.1. The van der Waals surface area contributed by atoms with E-state index in [2.05, 4.69) is 15.4 Å². The standard InChI is InChI=1S/C21H29F3N2O4/c1-19(2,3)30-18(28)26-16-10-13(20(16,4)5)11-25-15-9-12(17(27)29-6)7-8-14(15)21(22,23)24/h7-9,13,16,25H,10-11H2,1-6H3,(H,26,28)/t13-,16-/m0/s1. The van der Waals surface area contributed by atoms with Crippen molar-refractivity contribution in [1.82, 2.24) is 5.32 Å². The monoisotopic (exact) mass is 430 g/mol. The quantitative estimate of drug-likeness (QED) is 0.654. The van der Waals surface area contributed by atoms with Crippen molar-refractivity contribution < 1.29 is 32.2 Å². The molecule has 0 unspecified atom stereocenters. The summed E-state index contributed by atoms with van der Waals surface area (Å²) in [6, 6.07) is 2.96. The molecular formula is C21H29F3N2O4. The Morgan fingerprint density at radius 1 is 1.20 bits per heavy atom. The lowest BCUT2D eigenvalue weighted by Gasteiger charge is -2.52. The third-order valence-corrected chi connectivity index (χ3v) is 5.45. The highest BCUT2D eigenvalue weighted by atomic mass is 19.4. The first-order valence-electron chi connectivity index (χ1n) is 9.68. The van der Waals surface area contributed by atoms with Crippen LogP contribution in [0.15, 0.2) is 18.2 Å². The van der Waals surface area contributed by atoms with Gasteiger partial charge in [-0.05, 0) is 56.7 Å². The molecule has 0 aliphatic heterocycles. The van der Waals surface area contributed by atoms with Crippen molar-refractivity contribution in [3.8, 4) is 0 Å². The topological polar surface area (TPSA) is 76.7 Å². The highest BCUT2D eigenvalue weighted by Crippen LogP contribution is 2.46. The number of carbonyl (C=O) groups excluding carboxylic acids is 2. The van der Waals surface area contributed by atoms with Gasteiger partial charge in [-0.25, -0.2) is 9.59 Å². The van der Waals surface area contributed by atoms with E-state index in [1.165, 1.54) is 7.11 Å². The third-order valence-electron chi connectivity index (χ3n) is 5.45. The zero-order valence-electron chi connectivity index (χ0n) is 18.1. The van der Waals surface area contributed by atoms with Crippen LogP contribution in [0.25, 0.3) is 0 Å². The van der Waals surface area contributed by atoms with Gasteiger partial charge >= 0.3 is 18.2 Å². The summed E-state index contributed by atoms with van der Waals surface area (Å²) >= 11 is 0. The number of methoxy groups -OCH3 is 1. The minimum atomic E-state index is -4.56. The molecule has 1 aromatic rings. The van der Waals surface area contributed by atoms with Crippen molar-refractivity contribution in [3.05, 3.63) is 29.3 Å². The number of halogens is 3. The molecule has 1 saturated carbocycles. The summed E-state index contributed by atoms with van der Waals surface area (Å²) in [6.45, 7) is 9.46. The van der Waals surface area contributed by atoms with Gasteiger partial charge in [0.2, 0.25) is 0 Å². The molecule has 0 radical (unpaired) electrons. The molecule has 0 bridgehead atoms. The van der Waals surface area contributed by atoms with Crippen LogP contribution in [0.5, 0.6) is 0 Å². The molecule has 0 heterocycles. The Morgan fingerprint density at radius 3 is 2.33 bits per heavy atom. The number of anilines is 1. The first kappa shape index (κ1) is 23.8. The lowest BCUT2D eigenvalue weighted by atomic mass is 9.58. The molecule has 1 fully saturated rings. The number of nitrogens with one attached hydrogen (secondary N) is 2. The fourth-order valence-electron chi connectivity index (χ4n) is 3.47. The van der Waals surface area contributed by atoms with Crippen molar-refractivity contribution >= 4 is 17.7 Å². The first-order chi connectivity index (χ1) is 13.6. The van der Waals surface area contributed by atoms with Crippen molar-refractivity contribution in [2.24, 2.45) is 11.3 Å². The largest absolute Gasteiger partial charge is 0.465 e. The zero-order chi connectivity index (χ0) is 22.9. The molecule has 2 atom stereocenters. The summed E-state index contributed by atoms with van der Waals surface area (Å²) in [5, 5.41) is 5.67. The summed E-state index contributed by atoms with van der Waals surface area (Å²) < 4.78 is 49.9. The second-order valence-electron chi connectivity index (χ2n) is 9.08. The Labute approximate surface area is 174 Å². The van der Waals surface area contributed by atoms with Gasteiger partial charge < -0.3 is 20.1 Å². The maximum absolute atomic E-state index is 13.4. The number of carbonyl (C=O) groups is 2. The van der Waals surface area contributed by atoms with Gasteiger partial charge in [-0.2, -0.15) is 13.2 Å². The first-order valence-corrected chi connectivity index (χ1v) is 9.68. The Hall–Kier alpha value is -2.45. The fourth-order valence-corrected chi connectivity index (χ4v) is 3.47. The minimum absolute atomic E-state index is 0.0142. The van der Waals surface area contributed by atoms with Gasteiger partial charge in [0, 0.05) is 18.3 Å². The van der Waals surface area contributed by atoms with Crippen LogP contribution >= 0.6 is 0 Å². The number of benzene rings is 1. The third kappa shape index (κ3) is 5.58. The van der Waals surface area contributed by atoms with E-state index in [-0.39, 0.29) is 35.2 Å². The van der Waals surface area contributed by atoms with Gasteiger partial charge in [-0.1, -0.05) is 13.8 Å². The molecule has 6 nitrogen and oxygen atoms in total. The summed E-state index contributed by atoms with van der Waals surface area (Å²) in [4.78, 5) is 23.7. The molecule has 1 aliphatic carbocycles. The van der Waals surface area contributed by atoms with Crippen LogP contribution in [0.1, 0.15) is 57.0 Å². The van der Waals surface area contributed by atoms with Crippen LogP contribution in [0.2, 0.25) is 0 Å². The van der Waals surface area contributed by atoms with Crippen molar-refractivity contribution in [2.75, 3.05) is 19.0 Å². The Balaban J connectivity index is 2.07. The van der Waals surface area contributed by atoms with Crippen molar-refractivity contribution in [2.45, 2.75) is 58.9 Å². The predicted octanol–water partition coefficient (Wildman–Crippen LogP) is 4.84. The highest BCUT2D eigenvalue weighted by molar-refractivity contribution is 5.90. The lowest BCUT2D eigenvalue weighted by molar-refractivity contribution is -0.137. The summed E-state index contributed by atoms with van der Waals surface area (Å²) in [7, 11) is 1.17. The molecule has 2 rings (SSSR count). The van der Waals surface area contributed by atoms with Crippen LogP contribution in [-0.2, 0) is 15.7 Å². The number of hydrogen-bond acceptors (Lipinski definition) is 5. The van der Waals surface area contributed by atoms with E-state index in [1.54, 1.807) is 20.8 Å². The van der Waals surface area contributed by atoms with E-state index in [1.807, 2.05) is 13.8 Å². The van der Waals surface area contributed by atoms with E-state index in [0.29, 0.717) is 6.42 Å². The lowest BCUT2D eigenvalue weighted by Crippen LogP contribution is -2.60. The van der Waals surface area contributed by atoms with Crippen LogP contribution in [0, 0.1) is 11.3 Å². The second-order valence-corrected chi connectivity index (χ2v) is 9.08. The number of esters is 1. The average molecular weight is 430 g/mol. The number of alkyl halides is 3. The molecule has 0 saturated heterocycles. The van der Waals surface area contributed by atoms with Gasteiger partial charge in [-0.3, -0.25) is 0 Å². The average Bonchev–Trinajstić information content (AvgIpc) is 2.60. The number of alkyl carbamates (subject to hydrolysis) is 1. The van der Waals surface area contributed by atoms with Crippen LogP contribution in [0.3, 0.4) is 0 Å². The maximum atomic E-state index is 13.4. The van der Waals surface area contributed by atoms with Crippen LogP contribution in [-0.4, -0.2) is 37.4 Å². The minimum Gasteiger partial charge on any atom is -0.465 e. The number of rotatable bonds is 5. The van der Waals surface area contributed by atoms with Crippen molar-refractivity contribution in [3.63, 3.8) is 0 Å². The summed E-state index contributed by atoms with van der Waals surface area (Å²) in [5.74, 6) is -0.697. The normalized spacial score (nSPS) is 20.7. The molecule has 1 amide bonds. The Kier molecular flexibility index (Phi) is 6.63. The molecular weight excluding hydrogens is 401 g/mol. The second kappa shape index (κ2) is 8.35. The van der Waals surface area contributed by atoms with Gasteiger partial charge in [0.25, 0.3) is 0 Å². The Bertz CT molecular complexity index is 800. The number of amides is 1. The van der Waals surface area contributed by atoms with Crippen LogP contribution in [0.4, 0.5) is 23.7 Å². The van der Waals surface area contributed by atoms with E-state index in [0.717, 1.165) is 18.2 Å². The van der Waals surface area contributed by atoms with Crippen LogP contribution < -0.4 is 10.6 Å². The molecule has 30 heavy (non-hydrogen) atoms. The SMILES string of the molecule is COC(=O)c1ccc(C(F)(F)F)c(NC[C@@H]2C[C@H](NC(=O)OC(C)(C)C)C2(C)C)c1. The highest BCUT2D eigenvalue weighted by Gasteiger charge is 2.49. The van der Waals surface area contributed by atoms with Gasteiger partial charge in [0.05, 0.1) is 18.2 Å². The molecule has 9 heteroatoms. The van der Waals surface area contributed by atoms with Crippen molar-refractivity contribution in [1.29, 1.82) is 0 Å². The number of ether oxygens (including phenoxy) is 2. The smallest absolute Gasteiger partial charge is 0.418 e. The molecule has 168 valence electrons. The fraction of sp³-hybridized carbons (Fsp3) is 0.619. The predicted molar refractivity (Wildman–Crippen MR) is 106 cm³/mol. The Morgan fingerprint density at radius 2 is 1.83 bits per heavy atom. The number of hydrogen-bond donors (Lipinski definition) is 2. The van der Waals surface area contributed by atoms with E-state index in [4.69, 9.17) is 4.74 Å². The van der Waals surface area contributed by atoms with E-state index >= 15 is 0 Å². The van der Waals surface area contributed by atoms with Gasteiger partial charge in [0.15, 0.2) is 0 Å². The molecule has 1 aliphatic rings. The van der Waals surface area contributed by atoms with E-state index in [9.17, 15) is 22.8 Å². The molecule has 0 aromatic heterocycles.